The van der Waals surface area contributed by atoms with Crippen molar-refractivity contribution in [2.75, 3.05) is 18.5 Å². The highest BCUT2D eigenvalue weighted by atomic mass is 16.5. The van der Waals surface area contributed by atoms with Crippen molar-refractivity contribution >= 4 is 17.6 Å². The van der Waals surface area contributed by atoms with Crippen LogP contribution in [0.3, 0.4) is 0 Å². The second kappa shape index (κ2) is 9.46. The number of nitrogens with one attached hydrogen (secondary N) is 1. The molecule has 2 aromatic carbocycles. The number of hydrogen-bond acceptors (Lipinski definition) is 4. The van der Waals surface area contributed by atoms with E-state index in [-0.39, 0.29) is 18.9 Å². The minimum absolute atomic E-state index is 0.0735. The maximum Gasteiger partial charge on any atom is 0.303 e. The lowest BCUT2D eigenvalue weighted by molar-refractivity contribution is -0.137. The summed E-state index contributed by atoms with van der Waals surface area (Å²) >= 11 is 0. The van der Waals surface area contributed by atoms with Gasteiger partial charge in [0.1, 0.15) is 11.5 Å². The molecule has 0 saturated heterocycles. The minimum Gasteiger partial charge on any atom is -0.494 e. The molecule has 0 aromatic heterocycles. The van der Waals surface area contributed by atoms with Crippen molar-refractivity contribution in [2.45, 2.75) is 26.7 Å². The monoisotopic (exact) mass is 357 g/mol. The number of ether oxygens (including phenoxy) is 2. The molecule has 0 fully saturated rings. The van der Waals surface area contributed by atoms with Crippen LogP contribution in [0, 0.1) is 13.8 Å². The van der Waals surface area contributed by atoms with Crippen LogP contribution in [0.1, 0.15) is 24.0 Å². The lowest BCUT2D eigenvalue weighted by Crippen LogP contribution is -2.20. The number of aliphatic carboxylic acids is 1. The fourth-order valence-electron chi connectivity index (χ4n) is 2.20. The number of carbonyl (C=O) groups is 2. The summed E-state index contributed by atoms with van der Waals surface area (Å²) in [4.78, 5) is 22.4. The minimum atomic E-state index is -0.838. The van der Waals surface area contributed by atoms with Gasteiger partial charge in [-0.1, -0.05) is 6.07 Å². The fraction of sp³-hybridized carbons (Fsp3) is 0.300. The van der Waals surface area contributed by atoms with Gasteiger partial charge in [-0.3, -0.25) is 9.59 Å². The molecular weight excluding hydrogens is 334 g/mol. The molecule has 26 heavy (non-hydrogen) atoms. The molecule has 0 spiro atoms. The highest BCUT2D eigenvalue weighted by molar-refractivity contribution is 5.91. The summed E-state index contributed by atoms with van der Waals surface area (Å²) in [5.74, 6) is 0.196. The zero-order chi connectivity index (χ0) is 18.9. The fourth-order valence-corrected chi connectivity index (χ4v) is 2.20. The third-order valence-corrected chi connectivity index (χ3v) is 3.79. The highest BCUT2D eigenvalue weighted by Crippen LogP contribution is 2.18. The van der Waals surface area contributed by atoms with E-state index in [9.17, 15) is 9.59 Å². The zero-order valence-electron chi connectivity index (χ0n) is 15.0. The Labute approximate surface area is 152 Å². The molecule has 6 nitrogen and oxygen atoms in total. The SMILES string of the molecule is Cc1ccc(OCC(=O)Nc2ccc(OCCCC(=O)O)cc2)cc1C. The summed E-state index contributed by atoms with van der Waals surface area (Å²) in [7, 11) is 0. The average Bonchev–Trinajstić information content (AvgIpc) is 2.61. The number of carbonyl (C=O) groups excluding carboxylic acids is 1. The number of hydrogen-bond donors (Lipinski definition) is 2. The average molecular weight is 357 g/mol. The van der Waals surface area contributed by atoms with Gasteiger partial charge >= 0.3 is 5.97 Å². The smallest absolute Gasteiger partial charge is 0.303 e. The lowest BCUT2D eigenvalue weighted by Gasteiger charge is -2.10. The molecule has 0 saturated carbocycles. The van der Waals surface area contributed by atoms with Crippen LogP contribution >= 0.6 is 0 Å². The molecular formula is C20H23NO5. The van der Waals surface area contributed by atoms with E-state index in [4.69, 9.17) is 14.6 Å². The van der Waals surface area contributed by atoms with Crippen LogP contribution in [-0.4, -0.2) is 30.2 Å². The molecule has 1 amide bonds. The van der Waals surface area contributed by atoms with E-state index in [1.54, 1.807) is 24.3 Å². The van der Waals surface area contributed by atoms with E-state index in [1.165, 1.54) is 5.56 Å². The molecule has 6 heteroatoms. The van der Waals surface area contributed by atoms with Gasteiger partial charge in [-0.15, -0.1) is 0 Å². The first kappa shape index (κ1) is 19.3. The molecule has 0 unspecified atom stereocenters. The summed E-state index contributed by atoms with van der Waals surface area (Å²) in [6, 6.07) is 12.6. The van der Waals surface area contributed by atoms with Crippen molar-refractivity contribution < 1.29 is 24.2 Å². The molecule has 0 atom stereocenters. The van der Waals surface area contributed by atoms with E-state index in [0.717, 1.165) is 5.56 Å². The van der Waals surface area contributed by atoms with E-state index in [0.29, 0.717) is 30.2 Å². The third-order valence-electron chi connectivity index (χ3n) is 3.79. The first-order chi connectivity index (χ1) is 12.4. The van der Waals surface area contributed by atoms with Crippen LogP contribution in [0.2, 0.25) is 0 Å². The Morgan fingerprint density at radius 3 is 2.31 bits per heavy atom. The van der Waals surface area contributed by atoms with E-state index in [2.05, 4.69) is 5.32 Å². The predicted octanol–water partition coefficient (Wildman–Crippen LogP) is 3.56. The van der Waals surface area contributed by atoms with Crippen LogP contribution in [0.15, 0.2) is 42.5 Å². The van der Waals surface area contributed by atoms with Gasteiger partial charge in [-0.2, -0.15) is 0 Å². The van der Waals surface area contributed by atoms with Gasteiger partial charge in [0.25, 0.3) is 5.91 Å². The van der Waals surface area contributed by atoms with Crippen molar-refractivity contribution in [3.05, 3.63) is 53.6 Å². The maximum absolute atomic E-state index is 12.0. The number of rotatable bonds is 9. The number of aryl methyl sites for hydroxylation is 2. The Hall–Kier alpha value is -3.02. The van der Waals surface area contributed by atoms with Crippen molar-refractivity contribution in [3.8, 4) is 11.5 Å². The van der Waals surface area contributed by atoms with Crippen molar-refractivity contribution in [1.82, 2.24) is 0 Å². The molecule has 2 rings (SSSR count). The summed E-state index contributed by atoms with van der Waals surface area (Å²) in [6.07, 6.45) is 0.526. The summed E-state index contributed by atoms with van der Waals surface area (Å²) in [6.45, 7) is 4.27. The first-order valence-corrected chi connectivity index (χ1v) is 8.38. The Morgan fingerprint density at radius 1 is 0.962 bits per heavy atom. The van der Waals surface area contributed by atoms with Crippen LogP contribution in [-0.2, 0) is 9.59 Å². The van der Waals surface area contributed by atoms with E-state index >= 15 is 0 Å². The molecule has 2 aromatic rings. The second-order valence-electron chi connectivity index (χ2n) is 5.95. The van der Waals surface area contributed by atoms with Gasteiger partial charge < -0.3 is 19.9 Å². The highest BCUT2D eigenvalue weighted by Gasteiger charge is 2.05. The summed E-state index contributed by atoms with van der Waals surface area (Å²) in [5, 5.41) is 11.3. The Balaban J connectivity index is 1.76. The van der Waals surface area contributed by atoms with Crippen molar-refractivity contribution in [3.63, 3.8) is 0 Å². The summed E-state index contributed by atoms with van der Waals surface area (Å²) < 4.78 is 10.9. The molecule has 0 bridgehead atoms. The van der Waals surface area contributed by atoms with Crippen molar-refractivity contribution in [2.24, 2.45) is 0 Å². The molecule has 0 aliphatic rings. The lowest BCUT2D eigenvalue weighted by atomic mass is 10.1. The number of carboxylic acid groups (broad SMARTS) is 1. The normalized spacial score (nSPS) is 10.2. The second-order valence-corrected chi connectivity index (χ2v) is 5.95. The van der Waals surface area contributed by atoms with Crippen LogP contribution in [0.5, 0.6) is 11.5 Å². The van der Waals surface area contributed by atoms with Gasteiger partial charge in [-0.25, -0.2) is 0 Å². The molecule has 0 heterocycles. The summed E-state index contributed by atoms with van der Waals surface area (Å²) in [5.41, 5.74) is 2.92. The standard InChI is InChI=1S/C20H23NO5/c1-14-5-8-18(12-15(14)2)26-13-19(22)21-16-6-9-17(10-7-16)25-11-3-4-20(23)24/h5-10,12H,3-4,11,13H2,1-2H3,(H,21,22)(H,23,24). The molecule has 0 radical (unpaired) electrons. The molecule has 2 N–H and O–H groups in total. The Bertz CT molecular complexity index is 755. The van der Waals surface area contributed by atoms with Crippen LogP contribution in [0.25, 0.3) is 0 Å². The van der Waals surface area contributed by atoms with Gasteiger partial charge in [0.05, 0.1) is 6.61 Å². The van der Waals surface area contributed by atoms with Crippen LogP contribution in [0.4, 0.5) is 5.69 Å². The van der Waals surface area contributed by atoms with Gasteiger partial charge in [0.2, 0.25) is 0 Å². The van der Waals surface area contributed by atoms with Gasteiger partial charge in [-0.05, 0) is 67.8 Å². The quantitative estimate of drug-likeness (QED) is 0.670. The predicted molar refractivity (Wildman–Crippen MR) is 98.8 cm³/mol. The first-order valence-electron chi connectivity index (χ1n) is 8.38. The molecule has 0 aliphatic heterocycles. The number of carboxylic acids is 1. The third kappa shape index (κ3) is 6.47. The van der Waals surface area contributed by atoms with Gasteiger partial charge in [0, 0.05) is 12.1 Å². The maximum atomic E-state index is 12.0. The Morgan fingerprint density at radius 2 is 1.65 bits per heavy atom. The largest absolute Gasteiger partial charge is 0.494 e. The molecule has 0 aliphatic carbocycles. The topological polar surface area (TPSA) is 84.9 Å². The zero-order valence-corrected chi connectivity index (χ0v) is 15.0. The Kier molecular flexibility index (Phi) is 7.02. The van der Waals surface area contributed by atoms with Crippen molar-refractivity contribution in [1.29, 1.82) is 0 Å². The van der Waals surface area contributed by atoms with Gasteiger partial charge in [0.15, 0.2) is 6.61 Å². The van der Waals surface area contributed by atoms with Crippen LogP contribution < -0.4 is 14.8 Å². The van der Waals surface area contributed by atoms with E-state index in [1.807, 2.05) is 32.0 Å². The number of benzene rings is 2. The molecule has 138 valence electrons. The number of anilines is 1. The number of amides is 1. The van der Waals surface area contributed by atoms with E-state index < -0.39 is 5.97 Å².